The second-order valence-electron chi connectivity index (χ2n) is 4.00. The molecule has 0 amide bonds. The molecule has 1 heteroatoms. The molecule has 58 valence electrons. The van der Waals surface area contributed by atoms with Crippen molar-refractivity contribution in [3.8, 4) is 6.07 Å². The lowest BCUT2D eigenvalue weighted by Gasteiger charge is -1.99. The number of rotatable bonds is 1. The van der Waals surface area contributed by atoms with Gasteiger partial charge < -0.3 is 0 Å². The van der Waals surface area contributed by atoms with Crippen LogP contribution < -0.4 is 0 Å². The molecule has 1 nitrogen and oxygen atoms in total. The minimum atomic E-state index is 0.0638. The summed E-state index contributed by atoms with van der Waals surface area (Å²) in [6, 6.07) is 12.9. The molecule has 0 N–H and O–H groups in total. The van der Waals surface area contributed by atoms with Crippen molar-refractivity contribution in [1.29, 1.82) is 5.26 Å². The maximum Gasteiger partial charge on any atom is 0.0699 e. The smallest absolute Gasteiger partial charge is 0.0699 e. The molecule has 0 aromatic heterocycles. The second kappa shape index (κ2) is 1.56. The highest BCUT2D eigenvalue weighted by Gasteiger charge is 2.84. The van der Waals surface area contributed by atoms with Gasteiger partial charge in [-0.3, -0.25) is 0 Å². The van der Waals surface area contributed by atoms with Gasteiger partial charge in [0.1, 0.15) is 0 Å². The van der Waals surface area contributed by atoms with Crippen molar-refractivity contribution < 1.29 is 0 Å². The van der Waals surface area contributed by atoms with Gasteiger partial charge in [0.2, 0.25) is 0 Å². The summed E-state index contributed by atoms with van der Waals surface area (Å²) >= 11 is 0. The first kappa shape index (κ1) is 6.25. The molecule has 0 atom stereocenters. The predicted octanol–water partition coefficient (Wildman–Crippen LogP) is 2.24. The Morgan fingerprint density at radius 3 is 2.33 bits per heavy atom. The normalized spacial score (nSPS) is 41.2. The number of hydrogen-bond donors (Lipinski definition) is 0. The van der Waals surface area contributed by atoms with Crippen molar-refractivity contribution >= 4 is 0 Å². The fourth-order valence-electron chi connectivity index (χ4n) is 2.31. The molecule has 0 spiro atoms. The van der Waals surface area contributed by atoms with Crippen molar-refractivity contribution in [2.45, 2.75) is 18.3 Å². The molecule has 1 aromatic carbocycles. The Balaban J connectivity index is 2.02. The molecule has 0 heterocycles. The lowest BCUT2D eigenvalue weighted by Crippen LogP contribution is -1.90. The maximum atomic E-state index is 8.88. The summed E-state index contributed by atoms with van der Waals surface area (Å²) in [6.07, 6.45) is 2.20. The summed E-state index contributed by atoms with van der Waals surface area (Å²) in [6.45, 7) is 0. The van der Waals surface area contributed by atoms with Gasteiger partial charge in [-0.15, -0.1) is 0 Å². The van der Waals surface area contributed by atoms with E-state index >= 15 is 0 Å². The summed E-state index contributed by atoms with van der Waals surface area (Å²) in [5, 5.41) is 8.88. The van der Waals surface area contributed by atoms with Crippen LogP contribution >= 0.6 is 0 Å². The molecule has 0 saturated heterocycles. The first-order valence-electron chi connectivity index (χ1n) is 4.30. The molecule has 0 unspecified atom stereocenters. The van der Waals surface area contributed by atoms with E-state index in [-0.39, 0.29) is 5.41 Å². The second-order valence-corrected chi connectivity index (χ2v) is 4.00. The lowest BCUT2D eigenvalue weighted by atomic mass is 10.0. The SMILES string of the molecule is N#CC12CC1(c1ccccc1)C2. The van der Waals surface area contributed by atoms with Crippen molar-refractivity contribution in [2.24, 2.45) is 5.41 Å². The van der Waals surface area contributed by atoms with Crippen LogP contribution in [0.15, 0.2) is 30.3 Å². The maximum absolute atomic E-state index is 8.88. The van der Waals surface area contributed by atoms with E-state index in [1.807, 2.05) is 6.07 Å². The van der Waals surface area contributed by atoms with Crippen molar-refractivity contribution in [3.05, 3.63) is 35.9 Å². The number of nitriles is 1. The van der Waals surface area contributed by atoms with Gasteiger partial charge in [0.15, 0.2) is 0 Å². The third-order valence-corrected chi connectivity index (χ3v) is 3.41. The van der Waals surface area contributed by atoms with Crippen LogP contribution in [-0.4, -0.2) is 0 Å². The molecule has 2 aliphatic rings. The van der Waals surface area contributed by atoms with E-state index in [0.29, 0.717) is 5.41 Å². The standard InChI is InChI=1S/C11H9N/c12-8-10-6-11(10,7-10)9-4-2-1-3-5-9/h1-5H,6-7H2. The molecule has 0 aliphatic heterocycles. The highest BCUT2D eigenvalue weighted by atomic mass is 14.8. The van der Waals surface area contributed by atoms with E-state index in [2.05, 4.69) is 30.3 Å². The summed E-state index contributed by atoms with van der Waals surface area (Å²) in [4.78, 5) is 0. The average Bonchev–Trinajstić information content (AvgIpc) is 2.91. The van der Waals surface area contributed by atoms with Crippen molar-refractivity contribution in [3.63, 3.8) is 0 Å². The monoisotopic (exact) mass is 155 g/mol. The first-order chi connectivity index (χ1) is 5.83. The quantitative estimate of drug-likeness (QED) is 0.610. The molecule has 0 radical (unpaired) electrons. The first-order valence-corrected chi connectivity index (χ1v) is 4.30. The van der Waals surface area contributed by atoms with Crippen LogP contribution in [-0.2, 0) is 5.41 Å². The van der Waals surface area contributed by atoms with Crippen LogP contribution in [0.5, 0.6) is 0 Å². The van der Waals surface area contributed by atoms with Crippen LogP contribution in [0.2, 0.25) is 0 Å². The average molecular weight is 155 g/mol. The van der Waals surface area contributed by atoms with Gasteiger partial charge in [0.05, 0.1) is 11.5 Å². The molecule has 0 bridgehead atoms. The van der Waals surface area contributed by atoms with E-state index in [0.717, 1.165) is 12.8 Å². The number of nitrogens with zero attached hydrogens (tertiary/aromatic N) is 1. The molecule has 12 heavy (non-hydrogen) atoms. The number of hydrogen-bond acceptors (Lipinski definition) is 1. The van der Waals surface area contributed by atoms with Crippen molar-refractivity contribution in [2.75, 3.05) is 0 Å². The van der Waals surface area contributed by atoms with Crippen LogP contribution in [0.25, 0.3) is 0 Å². The van der Waals surface area contributed by atoms with Crippen molar-refractivity contribution in [1.82, 2.24) is 0 Å². The van der Waals surface area contributed by atoms with Crippen LogP contribution in [0.1, 0.15) is 18.4 Å². The molecule has 1 aromatic rings. The molecular formula is C11H9N. The van der Waals surface area contributed by atoms with E-state index < -0.39 is 0 Å². The zero-order valence-corrected chi connectivity index (χ0v) is 6.75. The summed E-state index contributed by atoms with van der Waals surface area (Å²) in [7, 11) is 0. The zero-order valence-electron chi connectivity index (χ0n) is 6.75. The minimum Gasteiger partial charge on any atom is -0.198 e. The van der Waals surface area contributed by atoms with Crippen LogP contribution in [0.4, 0.5) is 0 Å². The van der Waals surface area contributed by atoms with E-state index in [9.17, 15) is 0 Å². The molecule has 2 saturated carbocycles. The third-order valence-electron chi connectivity index (χ3n) is 3.41. The minimum absolute atomic E-state index is 0.0638. The Morgan fingerprint density at radius 1 is 1.17 bits per heavy atom. The summed E-state index contributed by atoms with van der Waals surface area (Å²) in [5.74, 6) is 0. The van der Waals surface area contributed by atoms with Gasteiger partial charge >= 0.3 is 0 Å². The fourth-order valence-corrected chi connectivity index (χ4v) is 2.31. The van der Waals surface area contributed by atoms with Gasteiger partial charge in [0, 0.05) is 5.41 Å². The van der Waals surface area contributed by atoms with Gasteiger partial charge in [-0.1, -0.05) is 30.3 Å². The zero-order chi connectivity index (χ0) is 8.23. The van der Waals surface area contributed by atoms with Crippen LogP contribution in [0.3, 0.4) is 0 Å². The fraction of sp³-hybridized carbons (Fsp3) is 0.364. The Bertz CT molecular complexity index is 366. The van der Waals surface area contributed by atoms with Gasteiger partial charge in [-0.2, -0.15) is 5.26 Å². The molecule has 2 fully saturated rings. The number of fused-ring (bicyclic) bond motifs is 1. The number of benzene rings is 1. The lowest BCUT2D eigenvalue weighted by molar-refractivity contribution is 0.776. The highest BCUT2D eigenvalue weighted by Crippen LogP contribution is 2.85. The third kappa shape index (κ3) is 0.484. The summed E-state index contributed by atoms with van der Waals surface area (Å²) < 4.78 is 0. The van der Waals surface area contributed by atoms with E-state index in [4.69, 9.17) is 5.26 Å². The molecular weight excluding hydrogens is 146 g/mol. The highest BCUT2D eigenvalue weighted by molar-refractivity contribution is 5.54. The van der Waals surface area contributed by atoms with Gasteiger partial charge in [-0.25, -0.2) is 0 Å². The summed E-state index contributed by atoms with van der Waals surface area (Å²) in [5.41, 5.74) is 1.73. The van der Waals surface area contributed by atoms with E-state index in [1.165, 1.54) is 5.56 Å². The largest absolute Gasteiger partial charge is 0.198 e. The van der Waals surface area contributed by atoms with Gasteiger partial charge in [-0.05, 0) is 18.4 Å². The molecule has 2 aliphatic carbocycles. The Kier molecular flexibility index (Phi) is 0.814. The predicted molar refractivity (Wildman–Crippen MR) is 45.4 cm³/mol. The Labute approximate surface area is 71.6 Å². The van der Waals surface area contributed by atoms with Gasteiger partial charge in [0.25, 0.3) is 0 Å². The van der Waals surface area contributed by atoms with Crippen LogP contribution in [0, 0.1) is 16.7 Å². The van der Waals surface area contributed by atoms with E-state index in [1.54, 1.807) is 0 Å². The topological polar surface area (TPSA) is 23.8 Å². The Hall–Kier alpha value is -1.29. The Morgan fingerprint density at radius 2 is 1.83 bits per heavy atom. The molecule has 3 rings (SSSR count).